The van der Waals surface area contributed by atoms with Crippen LogP contribution in [0.2, 0.25) is 5.02 Å². The van der Waals surface area contributed by atoms with E-state index in [4.69, 9.17) is 11.6 Å². The van der Waals surface area contributed by atoms with E-state index in [0.29, 0.717) is 22.5 Å². The molecule has 0 aliphatic heterocycles. The van der Waals surface area contributed by atoms with Gasteiger partial charge in [0.1, 0.15) is 0 Å². The van der Waals surface area contributed by atoms with E-state index < -0.39 is 0 Å². The Labute approximate surface area is 103 Å². The number of benzene rings is 1. The number of aromatic amines is 1. The maximum atomic E-state index is 12.1. The summed E-state index contributed by atoms with van der Waals surface area (Å²) in [6.07, 6.45) is 1.71. The van der Waals surface area contributed by atoms with Crippen LogP contribution in [0.3, 0.4) is 0 Å². The summed E-state index contributed by atoms with van der Waals surface area (Å²) in [7, 11) is 0. The minimum atomic E-state index is -0.377. The highest BCUT2D eigenvalue weighted by Crippen LogP contribution is 2.16. The van der Waals surface area contributed by atoms with Crippen LogP contribution >= 0.6 is 11.6 Å². The Kier molecular flexibility index (Phi) is 3.33. The van der Waals surface area contributed by atoms with Crippen LogP contribution in [-0.2, 0) is 6.54 Å². The van der Waals surface area contributed by atoms with Crippen molar-refractivity contribution in [3.63, 3.8) is 0 Å². The summed E-state index contributed by atoms with van der Waals surface area (Å²) in [5.41, 5.74) is -0.207. The Hall–Kier alpha value is -1.55. The SMILES string of the molecule is CCCCn1c(=O)[nH]c2cccc(Cl)c2c1=O. The normalized spacial score (nSPS) is 10.9. The lowest BCUT2D eigenvalue weighted by atomic mass is 10.2. The molecule has 0 fully saturated rings. The van der Waals surface area contributed by atoms with E-state index in [0.717, 1.165) is 12.8 Å². The third-order valence-electron chi connectivity index (χ3n) is 2.69. The molecule has 2 aromatic rings. The molecule has 0 bridgehead atoms. The molecule has 0 amide bonds. The molecule has 1 aromatic carbocycles. The van der Waals surface area contributed by atoms with E-state index in [1.54, 1.807) is 18.2 Å². The smallest absolute Gasteiger partial charge is 0.307 e. The fourth-order valence-corrected chi connectivity index (χ4v) is 2.03. The molecule has 2 rings (SSSR count). The Morgan fingerprint density at radius 1 is 1.35 bits per heavy atom. The zero-order valence-electron chi connectivity index (χ0n) is 9.50. The summed E-state index contributed by atoms with van der Waals surface area (Å²) in [5.74, 6) is 0. The fraction of sp³-hybridized carbons (Fsp3) is 0.333. The fourth-order valence-electron chi connectivity index (χ4n) is 1.77. The Morgan fingerprint density at radius 2 is 2.12 bits per heavy atom. The van der Waals surface area contributed by atoms with E-state index in [1.807, 2.05) is 6.92 Å². The minimum Gasteiger partial charge on any atom is -0.307 e. The van der Waals surface area contributed by atoms with Crippen molar-refractivity contribution in [2.45, 2.75) is 26.3 Å². The number of fused-ring (bicyclic) bond motifs is 1. The summed E-state index contributed by atoms with van der Waals surface area (Å²) in [5, 5.41) is 0.749. The van der Waals surface area contributed by atoms with Gasteiger partial charge < -0.3 is 4.98 Å². The lowest BCUT2D eigenvalue weighted by molar-refractivity contribution is 0.589. The predicted molar refractivity (Wildman–Crippen MR) is 68.7 cm³/mol. The van der Waals surface area contributed by atoms with Crippen LogP contribution in [0.1, 0.15) is 19.8 Å². The maximum Gasteiger partial charge on any atom is 0.328 e. The zero-order chi connectivity index (χ0) is 12.4. The second-order valence-corrected chi connectivity index (χ2v) is 4.31. The van der Waals surface area contributed by atoms with Crippen LogP contribution < -0.4 is 11.2 Å². The van der Waals surface area contributed by atoms with Gasteiger partial charge in [-0.3, -0.25) is 9.36 Å². The number of hydrogen-bond donors (Lipinski definition) is 1. The molecule has 0 aliphatic rings. The number of halogens is 1. The third-order valence-corrected chi connectivity index (χ3v) is 3.01. The number of nitrogens with zero attached hydrogens (tertiary/aromatic N) is 1. The average Bonchev–Trinajstić information content (AvgIpc) is 2.28. The number of unbranched alkanes of at least 4 members (excludes halogenated alkanes) is 1. The molecule has 4 nitrogen and oxygen atoms in total. The lowest BCUT2D eigenvalue weighted by Crippen LogP contribution is -2.35. The third kappa shape index (κ3) is 2.13. The Morgan fingerprint density at radius 3 is 2.82 bits per heavy atom. The van der Waals surface area contributed by atoms with Crippen molar-refractivity contribution < 1.29 is 0 Å². The van der Waals surface area contributed by atoms with Gasteiger partial charge in [-0.1, -0.05) is 31.0 Å². The van der Waals surface area contributed by atoms with Crippen LogP contribution in [0.5, 0.6) is 0 Å². The molecule has 0 saturated carbocycles. The number of H-pyrrole nitrogens is 1. The summed E-state index contributed by atoms with van der Waals surface area (Å²) < 4.78 is 1.21. The Bertz CT molecular complexity index is 658. The largest absolute Gasteiger partial charge is 0.328 e. The van der Waals surface area contributed by atoms with Crippen LogP contribution in [0.25, 0.3) is 10.9 Å². The second-order valence-electron chi connectivity index (χ2n) is 3.90. The van der Waals surface area contributed by atoms with E-state index in [9.17, 15) is 9.59 Å². The monoisotopic (exact) mass is 252 g/mol. The molecule has 0 unspecified atom stereocenters. The first kappa shape index (κ1) is 11.9. The first-order valence-electron chi connectivity index (χ1n) is 5.56. The van der Waals surface area contributed by atoms with Crippen molar-refractivity contribution in [1.82, 2.24) is 9.55 Å². The molecular weight excluding hydrogens is 240 g/mol. The molecular formula is C12H13ClN2O2. The maximum absolute atomic E-state index is 12.1. The van der Waals surface area contributed by atoms with Crippen LogP contribution in [-0.4, -0.2) is 9.55 Å². The van der Waals surface area contributed by atoms with Crippen molar-refractivity contribution in [1.29, 1.82) is 0 Å². The number of rotatable bonds is 3. The van der Waals surface area contributed by atoms with Gasteiger partial charge in [-0.05, 0) is 18.6 Å². The molecule has 0 spiro atoms. The minimum absolute atomic E-state index is 0.317. The van der Waals surface area contributed by atoms with Crippen LogP contribution in [0, 0.1) is 0 Å². The quantitative estimate of drug-likeness (QED) is 0.910. The van der Waals surface area contributed by atoms with Gasteiger partial charge in [0.15, 0.2) is 0 Å². The molecule has 0 aliphatic carbocycles. The second kappa shape index (κ2) is 4.75. The average molecular weight is 253 g/mol. The predicted octanol–water partition coefficient (Wildman–Crippen LogP) is 2.14. The topological polar surface area (TPSA) is 54.9 Å². The zero-order valence-corrected chi connectivity index (χ0v) is 10.3. The summed E-state index contributed by atoms with van der Waals surface area (Å²) in [4.78, 5) is 26.5. The molecule has 0 atom stereocenters. The molecule has 90 valence electrons. The summed E-state index contributed by atoms with van der Waals surface area (Å²) in [6, 6.07) is 5.03. The van der Waals surface area contributed by atoms with Gasteiger partial charge in [-0.15, -0.1) is 0 Å². The lowest BCUT2D eigenvalue weighted by Gasteiger charge is -2.06. The molecule has 1 heterocycles. The summed E-state index contributed by atoms with van der Waals surface area (Å²) in [6.45, 7) is 2.43. The van der Waals surface area contributed by atoms with Crippen molar-refractivity contribution in [2.24, 2.45) is 0 Å². The standard InChI is InChI=1S/C12H13ClN2O2/c1-2-3-7-15-11(16)10-8(13)5-4-6-9(10)14-12(15)17/h4-6H,2-3,7H2,1H3,(H,14,17). The van der Waals surface area contributed by atoms with Gasteiger partial charge in [0.2, 0.25) is 0 Å². The van der Waals surface area contributed by atoms with Crippen LogP contribution in [0.15, 0.2) is 27.8 Å². The van der Waals surface area contributed by atoms with Gasteiger partial charge in [-0.2, -0.15) is 0 Å². The molecule has 1 N–H and O–H groups in total. The molecule has 17 heavy (non-hydrogen) atoms. The number of hydrogen-bond acceptors (Lipinski definition) is 2. The van der Waals surface area contributed by atoms with Crippen molar-refractivity contribution in [3.8, 4) is 0 Å². The van der Waals surface area contributed by atoms with E-state index in [-0.39, 0.29) is 11.2 Å². The van der Waals surface area contributed by atoms with Gasteiger partial charge in [-0.25, -0.2) is 4.79 Å². The Balaban J connectivity index is 2.74. The highest BCUT2D eigenvalue weighted by Gasteiger charge is 2.09. The molecule has 0 saturated heterocycles. The van der Waals surface area contributed by atoms with Gasteiger partial charge in [0.25, 0.3) is 5.56 Å². The highest BCUT2D eigenvalue weighted by molar-refractivity contribution is 6.35. The van der Waals surface area contributed by atoms with Gasteiger partial charge in [0, 0.05) is 6.54 Å². The van der Waals surface area contributed by atoms with E-state index in [1.165, 1.54) is 4.57 Å². The number of aromatic nitrogens is 2. The first-order valence-corrected chi connectivity index (χ1v) is 5.94. The van der Waals surface area contributed by atoms with Crippen molar-refractivity contribution in [2.75, 3.05) is 0 Å². The van der Waals surface area contributed by atoms with E-state index in [2.05, 4.69) is 4.98 Å². The summed E-state index contributed by atoms with van der Waals surface area (Å²) >= 11 is 5.99. The number of nitrogens with one attached hydrogen (secondary N) is 1. The molecule has 0 radical (unpaired) electrons. The molecule has 5 heteroatoms. The van der Waals surface area contributed by atoms with Crippen molar-refractivity contribution in [3.05, 3.63) is 44.1 Å². The van der Waals surface area contributed by atoms with Crippen LogP contribution in [0.4, 0.5) is 0 Å². The highest BCUT2D eigenvalue weighted by atomic mass is 35.5. The van der Waals surface area contributed by atoms with Gasteiger partial charge in [0.05, 0.1) is 15.9 Å². The van der Waals surface area contributed by atoms with Crippen molar-refractivity contribution >= 4 is 22.5 Å². The van der Waals surface area contributed by atoms with Gasteiger partial charge >= 0.3 is 5.69 Å². The van der Waals surface area contributed by atoms with E-state index >= 15 is 0 Å². The first-order chi connectivity index (χ1) is 8.15. The molecule has 1 aromatic heterocycles.